The Balaban J connectivity index is 2.08. The molecule has 0 aliphatic carbocycles. The van der Waals surface area contributed by atoms with Gasteiger partial charge < -0.3 is 10.2 Å². The Labute approximate surface area is 134 Å². The van der Waals surface area contributed by atoms with Crippen LogP contribution in [-0.2, 0) is 0 Å². The predicted octanol–water partition coefficient (Wildman–Crippen LogP) is 3.89. The fraction of sp³-hybridized carbons (Fsp3) is 0.600. The van der Waals surface area contributed by atoms with E-state index in [-0.39, 0.29) is 16.7 Å². The zero-order valence-corrected chi connectivity index (χ0v) is 14.1. The quantitative estimate of drug-likeness (QED) is 0.642. The van der Waals surface area contributed by atoms with Crippen LogP contribution < -0.4 is 5.32 Å². The van der Waals surface area contributed by atoms with E-state index >= 15 is 0 Å². The Morgan fingerprint density at radius 1 is 1.57 bits per heavy atom. The molecule has 6 heteroatoms. The molecule has 2 unspecified atom stereocenters. The molecular weight excluding hydrogens is 334 g/mol. The largest absolute Gasteiger partial charge is 0.377 e. The van der Waals surface area contributed by atoms with E-state index in [1.54, 1.807) is 12.1 Å². The predicted molar refractivity (Wildman–Crippen MR) is 88.7 cm³/mol. The van der Waals surface area contributed by atoms with Gasteiger partial charge in [-0.1, -0.05) is 22.9 Å². The number of benzene rings is 1. The number of hydrogen-bond acceptors (Lipinski definition) is 4. The molecule has 1 aromatic carbocycles. The Morgan fingerprint density at radius 3 is 3.00 bits per heavy atom. The molecule has 2 atom stereocenters. The van der Waals surface area contributed by atoms with Crippen LogP contribution >= 0.6 is 15.9 Å². The van der Waals surface area contributed by atoms with Gasteiger partial charge in [-0.3, -0.25) is 10.1 Å². The van der Waals surface area contributed by atoms with Crippen LogP contribution in [0.3, 0.4) is 0 Å². The molecule has 1 aliphatic heterocycles. The Morgan fingerprint density at radius 2 is 2.33 bits per heavy atom. The molecule has 116 valence electrons. The van der Waals surface area contributed by atoms with Crippen LogP contribution in [0.1, 0.15) is 26.7 Å². The van der Waals surface area contributed by atoms with Gasteiger partial charge in [-0.25, -0.2) is 0 Å². The maximum Gasteiger partial charge on any atom is 0.293 e. The summed E-state index contributed by atoms with van der Waals surface area (Å²) in [5.74, 6) is 0.530. The van der Waals surface area contributed by atoms with E-state index in [0.29, 0.717) is 11.6 Å². The minimum atomic E-state index is -0.334. The Bertz CT molecular complexity index is 510. The number of hydrogen-bond donors (Lipinski definition) is 1. The van der Waals surface area contributed by atoms with E-state index in [4.69, 9.17) is 0 Å². The highest BCUT2D eigenvalue weighted by molar-refractivity contribution is 9.10. The molecule has 0 amide bonds. The van der Waals surface area contributed by atoms with E-state index in [0.717, 1.165) is 24.1 Å². The van der Waals surface area contributed by atoms with Crippen molar-refractivity contribution in [1.82, 2.24) is 4.90 Å². The first-order chi connectivity index (χ1) is 10.0. The molecule has 1 saturated heterocycles. The molecule has 1 heterocycles. The molecule has 1 aliphatic rings. The summed E-state index contributed by atoms with van der Waals surface area (Å²) in [7, 11) is 0. The fourth-order valence-electron chi connectivity index (χ4n) is 2.93. The van der Waals surface area contributed by atoms with E-state index in [9.17, 15) is 10.1 Å². The van der Waals surface area contributed by atoms with Crippen LogP contribution in [0.5, 0.6) is 0 Å². The Kier molecular flexibility index (Phi) is 5.58. The van der Waals surface area contributed by atoms with Crippen LogP contribution in [0.25, 0.3) is 0 Å². The number of nitro benzene ring substituents is 1. The molecule has 1 fully saturated rings. The highest BCUT2D eigenvalue weighted by Crippen LogP contribution is 2.30. The maximum atomic E-state index is 11.2. The van der Waals surface area contributed by atoms with Crippen molar-refractivity contribution in [3.05, 3.63) is 32.8 Å². The van der Waals surface area contributed by atoms with Gasteiger partial charge in [0.25, 0.3) is 5.69 Å². The normalized spacial score (nSPS) is 21.0. The van der Waals surface area contributed by atoms with Gasteiger partial charge in [0, 0.05) is 23.1 Å². The molecule has 0 aromatic heterocycles. The van der Waals surface area contributed by atoms with Crippen LogP contribution in [0.4, 0.5) is 11.4 Å². The second-order valence-electron chi connectivity index (χ2n) is 5.65. The highest BCUT2D eigenvalue weighted by atomic mass is 79.9. The summed E-state index contributed by atoms with van der Waals surface area (Å²) in [5, 5.41) is 14.5. The topological polar surface area (TPSA) is 58.4 Å². The summed E-state index contributed by atoms with van der Waals surface area (Å²) in [6.07, 6.45) is 2.38. The Hall–Kier alpha value is -1.14. The lowest BCUT2D eigenvalue weighted by molar-refractivity contribution is -0.384. The van der Waals surface area contributed by atoms with Gasteiger partial charge in [0.05, 0.1) is 4.92 Å². The summed E-state index contributed by atoms with van der Waals surface area (Å²) >= 11 is 3.29. The van der Waals surface area contributed by atoms with Crippen LogP contribution in [0, 0.1) is 16.0 Å². The third-order valence-electron chi connectivity index (χ3n) is 4.24. The van der Waals surface area contributed by atoms with Crippen molar-refractivity contribution in [2.75, 3.05) is 25.0 Å². The molecule has 0 saturated carbocycles. The highest BCUT2D eigenvalue weighted by Gasteiger charge is 2.25. The molecule has 0 spiro atoms. The molecule has 2 rings (SSSR count). The van der Waals surface area contributed by atoms with Gasteiger partial charge in [-0.2, -0.15) is 0 Å². The van der Waals surface area contributed by atoms with Gasteiger partial charge in [0.2, 0.25) is 0 Å². The monoisotopic (exact) mass is 355 g/mol. The molecule has 0 radical (unpaired) electrons. The second-order valence-corrected chi connectivity index (χ2v) is 6.56. The van der Waals surface area contributed by atoms with Gasteiger partial charge in [-0.15, -0.1) is 0 Å². The standard InChI is InChI=1S/C15H22BrN3O2/c1-3-18-8-4-5-12(10-18)11(2)17-14-7-6-13(16)9-15(14)19(20)21/h6-7,9,11-12,17H,3-5,8,10H2,1-2H3. The summed E-state index contributed by atoms with van der Waals surface area (Å²) in [4.78, 5) is 13.3. The second kappa shape index (κ2) is 7.22. The number of piperidine rings is 1. The van der Waals surface area contributed by atoms with Crippen LogP contribution in [0.15, 0.2) is 22.7 Å². The number of halogens is 1. The third kappa shape index (κ3) is 4.17. The summed E-state index contributed by atoms with van der Waals surface area (Å²) in [6, 6.07) is 5.38. The minimum Gasteiger partial charge on any atom is -0.377 e. The molecular formula is C15H22BrN3O2. The van der Waals surface area contributed by atoms with Crippen molar-refractivity contribution < 1.29 is 4.92 Å². The lowest BCUT2D eigenvalue weighted by Gasteiger charge is -2.35. The van der Waals surface area contributed by atoms with Crippen molar-refractivity contribution in [2.45, 2.75) is 32.7 Å². The first-order valence-corrected chi connectivity index (χ1v) is 8.23. The average Bonchev–Trinajstić information content (AvgIpc) is 2.48. The van der Waals surface area contributed by atoms with Crippen LogP contribution in [-0.4, -0.2) is 35.5 Å². The summed E-state index contributed by atoms with van der Waals surface area (Å²) in [5.41, 5.74) is 0.726. The molecule has 21 heavy (non-hydrogen) atoms. The number of likely N-dealkylation sites (tertiary alicyclic amines) is 1. The third-order valence-corrected chi connectivity index (χ3v) is 4.73. The SMILES string of the molecule is CCN1CCCC(C(C)Nc2ccc(Br)cc2[N+](=O)[O-])C1. The summed E-state index contributed by atoms with van der Waals surface area (Å²) < 4.78 is 0.724. The molecule has 5 nitrogen and oxygen atoms in total. The lowest BCUT2D eigenvalue weighted by Crippen LogP contribution is -2.41. The van der Waals surface area contributed by atoms with Crippen molar-refractivity contribution >= 4 is 27.3 Å². The van der Waals surface area contributed by atoms with Crippen LogP contribution in [0.2, 0.25) is 0 Å². The van der Waals surface area contributed by atoms with Crippen molar-refractivity contribution in [2.24, 2.45) is 5.92 Å². The fourth-order valence-corrected chi connectivity index (χ4v) is 3.28. The smallest absolute Gasteiger partial charge is 0.293 e. The molecule has 1 N–H and O–H groups in total. The average molecular weight is 356 g/mol. The first kappa shape index (κ1) is 16.2. The van der Waals surface area contributed by atoms with Crippen molar-refractivity contribution in [3.63, 3.8) is 0 Å². The number of nitrogens with zero attached hydrogens (tertiary/aromatic N) is 2. The zero-order chi connectivity index (χ0) is 15.4. The van der Waals surface area contributed by atoms with E-state index in [1.165, 1.54) is 12.8 Å². The summed E-state index contributed by atoms with van der Waals surface area (Å²) in [6.45, 7) is 7.60. The van der Waals surface area contributed by atoms with E-state index < -0.39 is 0 Å². The van der Waals surface area contributed by atoms with E-state index in [2.05, 4.69) is 40.0 Å². The van der Waals surface area contributed by atoms with Crippen molar-refractivity contribution in [3.8, 4) is 0 Å². The first-order valence-electron chi connectivity index (χ1n) is 7.44. The van der Waals surface area contributed by atoms with Gasteiger partial charge in [0.15, 0.2) is 0 Å². The molecule has 1 aromatic rings. The molecule has 0 bridgehead atoms. The number of nitrogens with one attached hydrogen (secondary N) is 1. The van der Waals surface area contributed by atoms with E-state index in [1.807, 2.05) is 6.07 Å². The lowest BCUT2D eigenvalue weighted by atomic mass is 9.91. The zero-order valence-electron chi connectivity index (χ0n) is 12.5. The van der Waals surface area contributed by atoms with Gasteiger partial charge in [0.1, 0.15) is 5.69 Å². The number of nitro groups is 1. The maximum absolute atomic E-state index is 11.2. The van der Waals surface area contributed by atoms with Gasteiger partial charge >= 0.3 is 0 Å². The number of rotatable bonds is 5. The van der Waals surface area contributed by atoms with Gasteiger partial charge in [-0.05, 0) is 50.9 Å². The number of anilines is 1. The minimum absolute atomic E-state index is 0.124. The van der Waals surface area contributed by atoms with Crippen molar-refractivity contribution in [1.29, 1.82) is 0 Å².